The average Bonchev–Trinajstić information content (AvgIpc) is 3.24. The summed E-state index contributed by atoms with van der Waals surface area (Å²) in [5, 5.41) is 13.4. The van der Waals surface area contributed by atoms with Crippen molar-refractivity contribution in [2.24, 2.45) is 5.92 Å². The third-order valence-corrected chi connectivity index (χ3v) is 4.51. The molecule has 1 aromatic carbocycles. The molecule has 0 amide bonds. The summed E-state index contributed by atoms with van der Waals surface area (Å²) in [5.74, 6) is 1.06. The molecule has 2 N–H and O–H groups in total. The van der Waals surface area contributed by atoms with Crippen molar-refractivity contribution in [3.63, 3.8) is 0 Å². The van der Waals surface area contributed by atoms with Crippen LogP contribution in [0.1, 0.15) is 30.9 Å². The summed E-state index contributed by atoms with van der Waals surface area (Å²) < 4.78 is 0. The zero-order valence-corrected chi connectivity index (χ0v) is 14.3. The number of halogens is 3. The molecule has 120 valence electrons. The molecule has 0 radical (unpaired) electrons. The number of benzene rings is 1. The summed E-state index contributed by atoms with van der Waals surface area (Å²) in [6, 6.07) is 6.13. The van der Waals surface area contributed by atoms with Crippen LogP contribution in [0.2, 0.25) is 5.02 Å². The van der Waals surface area contributed by atoms with Crippen molar-refractivity contribution in [2.75, 3.05) is 26.2 Å². The molecule has 2 aliphatic rings. The molecule has 1 aliphatic heterocycles. The predicted octanol–water partition coefficient (Wildman–Crippen LogP) is 3.64. The molecule has 0 aromatic heterocycles. The molecule has 0 bridgehead atoms. The topological polar surface area (TPSA) is 35.5 Å². The molecule has 3 rings (SSSR count). The monoisotopic (exact) mass is 352 g/mol. The van der Waals surface area contributed by atoms with E-state index >= 15 is 0 Å². The Morgan fingerprint density at radius 1 is 1.24 bits per heavy atom. The minimum Gasteiger partial charge on any atom is -0.506 e. The molecule has 1 aliphatic carbocycles. The number of rotatable bonds is 4. The van der Waals surface area contributed by atoms with Gasteiger partial charge in [-0.1, -0.05) is 30.5 Å². The summed E-state index contributed by atoms with van der Waals surface area (Å²) >= 11 is 6.07. The van der Waals surface area contributed by atoms with Crippen LogP contribution in [-0.4, -0.2) is 36.2 Å². The van der Waals surface area contributed by atoms with Crippen molar-refractivity contribution < 1.29 is 5.11 Å². The van der Waals surface area contributed by atoms with Crippen LogP contribution in [0.15, 0.2) is 18.2 Å². The van der Waals surface area contributed by atoms with E-state index in [0.717, 1.165) is 32.1 Å². The summed E-state index contributed by atoms with van der Waals surface area (Å²) in [4.78, 5) is 2.55. The smallest absolute Gasteiger partial charge is 0.134 e. The van der Waals surface area contributed by atoms with E-state index in [9.17, 15) is 5.11 Å². The summed E-state index contributed by atoms with van der Waals surface area (Å²) in [5.41, 5.74) is 1.25. The highest BCUT2D eigenvalue weighted by atomic mass is 35.5. The third-order valence-electron chi connectivity index (χ3n) is 4.20. The predicted molar refractivity (Wildman–Crippen MR) is 92.1 cm³/mol. The lowest BCUT2D eigenvalue weighted by molar-refractivity contribution is 0.160. The molecule has 1 aromatic rings. The molecule has 1 heterocycles. The van der Waals surface area contributed by atoms with Crippen LogP contribution in [0.5, 0.6) is 5.75 Å². The molecule has 6 heteroatoms. The number of piperazine rings is 1. The highest BCUT2D eigenvalue weighted by Crippen LogP contribution is 2.41. The van der Waals surface area contributed by atoms with Gasteiger partial charge in [0.05, 0.1) is 5.02 Å². The number of aromatic hydroxyl groups is 1. The molecule has 21 heavy (non-hydrogen) atoms. The Bertz CT molecular complexity index is 449. The first-order chi connectivity index (χ1) is 9.24. The van der Waals surface area contributed by atoms with Gasteiger partial charge in [0.2, 0.25) is 0 Å². The van der Waals surface area contributed by atoms with Gasteiger partial charge in [-0.05, 0) is 30.0 Å². The van der Waals surface area contributed by atoms with E-state index < -0.39 is 0 Å². The number of phenols is 1. The van der Waals surface area contributed by atoms with Gasteiger partial charge in [-0.3, -0.25) is 4.90 Å². The lowest BCUT2D eigenvalue weighted by Crippen LogP contribution is -2.45. The number of nitrogens with one attached hydrogen (secondary N) is 1. The van der Waals surface area contributed by atoms with Crippen LogP contribution < -0.4 is 5.32 Å². The van der Waals surface area contributed by atoms with E-state index in [1.165, 1.54) is 24.8 Å². The van der Waals surface area contributed by atoms with E-state index in [1.54, 1.807) is 6.07 Å². The van der Waals surface area contributed by atoms with E-state index in [0.29, 0.717) is 11.1 Å². The molecule has 1 saturated heterocycles. The highest BCUT2D eigenvalue weighted by molar-refractivity contribution is 6.32. The van der Waals surface area contributed by atoms with Gasteiger partial charge in [0.15, 0.2) is 0 Å². The molecule has 0 unspecified atom stereocenters. The Kier molecular flexibility index (Phi) is 7.58. The van der Waals surface area contributed by atoms with Crippen molar-refractivity contribution in [3.8, 4) is 5.75 Å². The molecular formula is C15H23Cl3N2O. The second-order valence-corrected chi connectivity index (χ2v) is 6.10. The number of nitrogens with zero attached hydrogens (tertiary/aromatic N) is 1. The van der Waals surface area contributed by atoms with Crippen molar-refractivity contribution in [1.82, 2.24) is 10.2 Å². The fourth-order valence-corrected chi connectivity index (χ4v) is 3.08. The number of phenolic OH excluding ortho intramolecular Hbond substituents is 1. The van der Waals surface area contributed by atoms with Gasteiger partial charge < -0.3 is 10.4 Å². The Labute approximate surface area is 143 Å². The Hall–Kier alpha value is -0.190. The van der Waals surface area contributed by atoms with Gasteiger partial charge >= 0.3 is 0 Å². The van der Waals surface area contributed by atoms with E-state index in [4.69, 9.17) is 11.6 Å². The molecule has 1 atom stereocenters. The maximum Gasteiger partial charge on any atom is 0.134 e. The first-order valence-corrected chi connectivity index (χ1v) is 7.55. The normalized spacial score (nSPS) is 20.2. The zero-order chi connectivity index (χ0) is 13.2. The molecule has 0 spiro atoms. The van der Waals surface area contributed by atoms with Crippen molar-refractivity contribution in [3.05, 3.63) is 28.8 Å². The van der Waals surface area contributed by atoms with Crippen LogP contribution in [0.25, 0.3) is 0 Å². The van der Waals surface area contributed by atoms with Crippen LogP contribution in [0, 0.1) is 5.92 Å². The second-order valence-electron chi connectivity index (χ2n) is 5.69. The maximum atomic E-state index is 9.57. The minimum absolute atomic E-state index is 0. The van der Waals surface area contributed by atoms with E-state index in [2.05, 4.69) is 10.2 Å². The van der Waals surface area contributed by atoms with Gasteiger partial charge in [-0.15, -0.1) is 24.8 Å². The van der Waals surface area contributed by atoms with Crippen LogP contribution >= 0.6 is 36.4 Å². The van der Waals surface area contributed by atoms with Crippen molar-refractivity contribution >= 4 is 36.4 Å². The van der Waals surface area contributed by atoms with Gasteiger partial charge in [0, 0.05) is 32.2 Å². The van der Waals surface area contributed by atoms with Gasteiger partial charge in [-0.2, -0.15) is 0 Å². The summed E-state index contributed by atoms with van der Waals surface area (Å²) in [6.45, 7) is 4.31. The summed E-state index contributed by atoms with van der Waals surface area (Å²) in [6.07, 6.45) is 3.96. The highest BCUT2D eigenvalue weighted by Gasteiger charge is 2.30. The SMILES string of the molecule is Cl.Cl.Oc1ccc([C@H](CC2CC2)N2CCNCC2)cc1Cl. The fourth-order valence-electron chi connectivity index (χ4n) is 2.89. The van der Waals surface area contributed by atoms with E-state index in [1.807, 2.05) is 12.1 Å². The van der Waals surface area contributed by atoms with Crippen molar-refractivity contribution in [2.45, 2.75) is 25.3 Å². The van der Waals surface area contributed by atoms with E-state index in [-0.39, 0.29) is 30.6 Å². The maximum absolute atomic E-state index is 9.57. The molecular weight excluding hydrogens is 331 g/mol. The van der Waals surface area contributed by atoms with Gasteiger partial charge in [0.1, 0.15) is 5.75 Å². The number of hydrogen-bond donors (Lipinski definition) is 2. The Balaban J connectivity index is 0.00000110. The third kappa shape index (κ3) is 4.90. The minimum atomic E-state index is 0. The van der Waals surface area contributed by atoms with Crippen molar-refractivity contribution in [1.29, 1.82) is 0 Å². The Morgan fingerprint density at radius 2 is 1.90 bits per heavy atom. The first-order valence-electron chi connectivity index (χ1n) is 7.17. The quantitative estimate of drug-likeness (QED) is 0.867. The summed E-state index contributed by atoms with van der Waals surface area (Å²) in [7, 11) is 0. The molecule has 2 fully saturated rings. The molecule has 3 nitrogen and oxygen atoms in total. The Morgan fingerprint density at radius 3 is 2.48 bits per heavy atom. The fraction of sp³-hybridized carbons (Fsp3) is 0.600. The largest absolute Gasteiger partial charge is 0.506 e. The average molecular weight is 354 g/mol. The molecule has 1 saturated carbocycles. The lowest BCUT2D eigenvalue weighted by Gasteiger charge is -2.35. The van der Waals surface area contributed by atoms with Gasteiger partial charge in [0.25, 0.3) is 0 Å². The number of hydrogen-bond acceptors (Lipinski definition) is 3. The first kappa shape index (κ1) is 18.9. The van der Waals surface area contributed by atoms with Gasteiger partial charge in [-0.25, -0.2) is 0 Å². The van der Waals surface area contributed by atoms with Crippen LogP contribution in [-0.2, 0) is 0 Å². The van der Waals surface area contributed by atoms with Crippen LogP contribution in [0.3, 0.4) is 0 Å². The second kappa shape index (κ2) is 8.44. The zero-order valence-electron chi connectivity index (χ0n) is 11.9. The standard InChI is InChI=1S/C15H21ClN2O.2ClH/c16-13-10-12(3-4-15(13)19)14(9-11-1-2-11)18-7-5-17-6-8-18;;/h3-4,10-11,14,17,19H,1-2,5-9H2;2*1H/t14-;;/m0../s1. The van der Waals surface area contributed by atoms with Crippen LogP contribution in [0.4, 0.5) is 0 Å². The lowest BCUT2D eigenvalue weighted by atomic mass is 9.98.